The molecule has 0 bridgehead atoms. The molecule has 1 N–H and O–H groups in total. The number of hydrogen-bond acceptors (Lipinski definition) is 5. The molecule has 0 heterocycles. The van der Waals surface area contributed by atoms with Gasteiger partial charge in [-0.05, 0) is 71.4 Å². The van der Waals surface area contributed by atoms with Crippen LogP contribution in [0.25, 0.3) is 0 Å². The Hall–Kier alpha value is -1.60. The smallest absolute Gasteiger partial charge is 0.414 e. The first kappa shape index (κ1) is 32.3. The summed E-state index contributed by atoms with van der Waals surface area (Å²) in [7, 11) is 0.868. The number of ketones is 1. The van der Waals surface area contributed by atoms with E-state index in [1.165, 1.54) is 4.90 Å². The number of allylic oxidation sites excluding steroid dienone is 2. The fourth-order valence-electron chi connectivity index (χ4n) is 10.9. The van der Waals surface area contributed by atoms with Crippen LogP contribution >= 0.6 is 0 Å². The highest BCUT2D eigenvalue weighted by Crippen LogP contribution is 2.76. The van der Waals surface area contributed by atoms with E-state index in [9.17, 15) is 14.7 Å². The molecule has 0 aromatic carbocycles. The Bertz CT molecular complexity index is 1110. The number of ether oxygens (including phenoxy) is 1. The number of Topliss-reactive ketones (excluding diaryl/α,β-unsaturated/α-hetero) is 1. The van der Waals surface area contributed by atoms with Crippen molar-refractivity contribution in [2.24, 2.45) is 39.4 Å². The van der Waals surface area contributed by atoms with Crippen molar-refractivity contribution in [1.29, 1.82) is 0 Å². The third-order valence-corrected chi connectivity index (χ3v) is 18.9. The van der Waals surface area contributed by atoms with E-state index in [0.717, 1.165) is 32.1 Å². The lowest BCUT2D eigenvalue weighted by Crippen LogP contribution is -2.58. The van der Waals surface area contributed by atoms with Crippen LogP contribution in [-0.4, -0.2) is 50.4 Å². The quantitative estimate of drug-likeness (QED) is 0.241. The van der Waals surface area contributed by atoms with Gasteiger partial charge in [0.05, 0.1) is 6.10 Å². The van der Waals surface area contributed by atoms with Crippen molar-refractivity contribution < 1.29 is 23.9 Å². The van der Waals surface area contributed by atoms with Gasteiger partial charge in [-0.15, -0.1) is 6.58 Å². The largest absolute Gasteiger partial charge is 0.538 e. The predicted octanol–water partition coefficient (Wildman–Crippen LogP) is 8.08. The average molecular weight is 588 g/mol. The van der Waals surface area contributed by atoms with E-state index in [0.29, 0.717) is 11.5 Å². The Kier molecular flexibility index (Phi) is 8.07. The van der Waals surface area contributed by atoms with E-state index in [4.69, 9.17) is 9.16 Å². The van der Waals surface area contributed by atoms with Crippen LogP contribution in [0, 0.1) is 39.4 Å². The van der Waals surface area contributed by atoms with Gasteiger partial charge in [0.25, 0.3) is 8.32 Å². The summed E-state index contributed by atoms with van der Waals surface area (Å²) in [6.45, 7) is 26.5. The molecule has 0 aromatic rings. The zero-order chi connectivity index (χ0) is 31.1. The van der Waals surface area contributed by atoms with Crippen LogP contribution in [0.1, 0.15) is 101 Å². The van der Waals surface area contributed by atoms with Gasteiger partial charge >= 0.3 is 6.09 Å². The highest BCUT2D eigenvalue weighted by Gasteiger charge is 2.74. The summed E-state index contributed by atoms with van der Waals surface area (Å²) in [5.74, 6) is 1.12. The Labute approximate surface area is 250 Å². The minimum Gasteiger partial charge on any atom is -0.538 e. The molecule has 4 aliphatic rings. The number of carbonyl (C=O) groups is 2. The van der Waals surface area contributed by atoms with Crippen LogP contribution in [0.2, 0.25) is 16.6 Å². The first-order valence-electron chi connectivity index (χ1n) is 16.0. The molecule has 0 aromatic heterocycles. The van der Waals surface area contributed by atoms with Crippen molar-refractivity contribution in [1.82, 2.24) is 4.90 Å². The van der Waals surface area contributed by atoms with Crippen LogP contribution in [0.15, 0.2) is 24.2 Å². The summed E-state index contributed by atoms with van der Waals surface area (Å²) < 4.78 is 13.4. The molecular weight excluding hydrogens is 530 g/mol. The van der Waals surface area contributed by atoms with Crippen molar-refractivity contribution in [3.05, 3.63) is 24.2 Å². The molecule has 41 heavy (non-hydrogen) atoms. The van der Waals surface area contributed by atoms with Crippen LogP contribution in [0.5, 0.6) is 0 Å². The maximum Gasteiger partial charge on any atom is 0.414 e. The predicted molar refractivity (Wildman–Crippen MR) is 167 cm³/mol. The van der Waals surface area contributed by atoms with Crippen LogP contribution in [0.3, 0.4) is 0 Å². The number of fused-ring (bicyclic) bond motifs is 5. The molecule has 0 spiro atoms. The second-order valence-corrected chi connectivity index (χ2v) is 21.4. The lowest BCUT2D eigenvalue weighted by molar-refractivity contribution is -0.156. The fourth-order valence-corrected chi connectivity index (χ4v) is 16.2. The molecule has 8 atom stereocenters. The highest BCUT2D eigenvalue weighted by molar-refractivity contribution is 6.78. The summed E-state index contributed by atoms with van der Waals surface area (Å²) in [6.07, 6.45) is 5.35. The molecule has 232 valence electrons. The molecule has 1 unspecified atom stereocenters. The Morgan fingerprint density at radius 3 is 2.00 bits per heavy atom. The molecule has 0 aliphatic heterocycles. The summed E-state index contributed by atoms with van der Waals surface area (Å²) in [6, 6.07) is 0. The van der Waals surface area contributed by atoms with Gasteiger partial charge in [-0.1, -0.05) is 75.3 Å². The Morgan fingerprint density at radius 1 is 0.976 bits per heavy atom. The fraction of sp³-hybridized carbons (Fsp3) is 0.824. The summed E-state index contributed by atoms with van der Waals surface area (Å²) in [5, 5.41) is 11.1. The van der Waals surface area contributed by atoms with Gasteiger partial charge in [0, 0.05) is 30.8 Å². The Morgan fingerprint density at radius 2 is 1.51 bits per heavy atom. The molecule has 0 radical (unpaired) electrons. The molecule has 3 saturated carbocycles. The van der Waals surface area contributed by atoms with Gasteiger partial charge in [-0.25, -0.2) is 4.79 Å². The molecule has 7 heteroatoms. The summed E-state index contributed by atoms with van der Waals surface area (Å²) in [4.78, 5) is 29.4. The van der Waals surface area contributed by atoms with Gasteiger partial charge in [0.2, 0.25) is 5.78 Å². The lowest BCUT2D eigenvalue weighted by atomic mass is 9.42. The number of nitrogens with zero attached hydrogens (tertiary/aromatic N) is 1. The third kappa shape index (κ3) is 4.25. The number of hydrogen-bond donors (Lipinski definition) is 1. The zero-order valence-electron chi connectivity index (χ0n) is 27.9. The third-order valence-electron chi connectivity index (χ3n) is 12.9. The van der Waals surface area contributed by atoms with E-state index in [2.05, 4.69) is 75.8 Å². The van der Waals surface area contributed by atoms with Crippen molar-refractivity contribution in [2.75, 3.05) is 14.1 Å². The molecule has 4 aliphatic carbocycles. The highest BCUT2D eigenvalue weighted by atomic mass is 28.4. The number of rotatable bonds is 7. The molecule has 3 fully saturated rings. The minimum atomic E-state index is -2.50. The first-order valence-corrected chi connectivity index (χ1v) is 18.1. The maximum absolute atomic E-state index is 14.8. The van der Waals surface area contributed by atoms with Gasteiger partial charge in [0.1, 0.15) is 0 Å². The Balaban J connectivity index is 1.89. The van der Waals surface area contributed by atoms with Crippen molar-refractivity contribution >= 4 is 20.2 Å². The van der Waals surface area contributed by atoms with Crippen LogP contribution in [-0.2, 0) is 14.0 Å². The molecule has 4 rings (SSSR count). The summed E-state index contributed by atoms with van der Waals surface area (Å²) in [5.41, 5.74) is -0.532. The number of carbonyl (C=O) groups excluding carboxylic acids is 2. The minimum absolute atomic E-state index is 0.0148. The van der Waals surface area contributed by atoms with E-state index >= 15 is 0 Å². The second-order valence-electron chi connectivity index (χ2n) is 16.0. The van der Waals surface area contributed by atoms with E-state index in [1.54, 1.807) is 14.1 Å². The van der Waals surface area contributed by atoms with E-state index in [1.807, 2.05) is 6.08 Å². The van der Waals surface area contributed by atoms with E-state index in [-0.39, 0.29) is 56.4 Å². The van der Waals surface area contributed by atoms with Crippen molar-refractivity contribution in [3.8, 4) is 0 Å². The number of aliphatic hydroxyl groups is 1. The number of amides is 1. The SMILES string of the molecule is C=C[C@]1(C)[C@@H](O)CC[C@@]2(C)[C@H]1CC[C@@]1(C)C3C(OC(=O)N(C)C)=C(O[Si](C(C)C)(C(C)C)C(C)C)C(=O)[C@@]3(C)C[C@@H]21. The zero-order valence-corrected chi connectivity index (χ0v) is 28.9. The number of aliphatic hydroxyl groups excluding tert-OH is 1. The van der Waals surface area contributed by atoms with Gasteiger partial charge in [-0.3, -0.25) is 4.79 Å². The molecule has 6 nitrogen and oxygen atoms in total. The van der Waals surface area contributed by atoms with Gasteiger partial charge in [0.15, 0.2) is 11.5 Å². The first-order chi connectivity index (χ1) is 18.8. The molecule has 0 saturated heterocycles. The topological polar surface area (TPSA) is 76.1 Å². The van der Waals surface area contributed by atoms with Crippen molar-refractivity contribution in [2.45, 2.75) is 124 Å². The van der Waals surface area contributed by atoms with Crippen molar-refractivity contribution in [3.63, 3.8) is 0 Å². The lowest BCUT2D eigenvalue weighted by Gasteiger charge is -2.63. The van der Waals surface area contributed by atoms with Crippen LogP contribution < -0.4 is 0 Å². The van der Waals surface area contributed by atoms with Gasteiger partial charge in [-0.2, -0.15) is 0 Å². The maximum atomic E-state index is 14.8. The summed E-state index contributed by atoms with van der Waals surface area (Å²) >= 11 is 0. The van der Waals surface area contributed by atoms with E-state index < -0.39 is 25.9 Å². The second kappa shape index (κ2) is 10.2. The van der Waals surface area contributed by atoms with Gasteiger partial charge < -0.3 is 19.2 Å². The monoisotopic (exact) mass is 587 g/mol. The molecule has 1 amide bonds. The average Bonchev–Trinajstić information content (AvgIpc) is 3.24. The van der Waals surface area contributed by atoms with Crippen LogP contribution in [0.4, 0.5) is 4.79 Å². The standard InChI is InChI=1S/C34H57NO5Si/c1-14-31(8)23-15-17-33(10)24(32(23,9)18-16-25(31)36)19-34(11)28(33)26(39-30(38)35(12)13)27(29(34)37)40-41(20(2)3,21(4)5)22(6)7/h14,20-25,28,36H,1,15-19H2,2-13H3/t23-,24-,25-,28?,31-,32-,33+,34-/m0/s1. The molecular formula is C34H57NO5Si. The normalized spacial score (nSPS) is 40.5.